The number of ether oxygens (including phenoxy) is 2. The molecule has 0 radical (unpaired) electrons. The van der Waals surface area contributed by atoms with Gasteiger partial charge < -0.3 is 9.47 Å². The van der Waals surface area contributed by atoms with Crippen molar-refractivity contribution in [3.63, 3.8) is 0 Å². The van der Waals surface area contributed by atoms with E-state index in [0.717, 1.165) is 82.0 Å². The SMILES string of the molecule is COc1cc(-c2ccncc2)c2cc(COc3cc(-c4nccs4)c4ccccc4c3-c3nccs3)ccc2c1-c1ccncc1. The van der Waals surface area contributed by atoms with Crippen molar-refractivity contribution < 1.29 is 9.47 Å². The quantitative estimate of drug-likeness (QED) is 0.166. The Morgan fingerprint density at radius 3 is 1.91 bits per heavy atom. The van der Waals surface area contributed by atoms with Gasteiger partial charge in [0.25, 0.3) is 0 Å². The van der Waals surface area contributed by atoms with Crippen molar-refractivity contribution >= 4 is 44.2 Å². The van der Waals surface area contributed by atoms with Crippen molar-refractivity contribution in [1.82, 2.24) is 19.9 Å². The number of hydrogen-bond acceptors (Lipinski definition) is 8. The third kappa shape index (κ3) is 5.07. The summed E-state index contributed by atoms with van der Waals surface area (Å²) in [4.78, 5) is 17.8. The van der Waals surface area contributed by atoms with Crippen LogP contribution in [0.3, 0.4) is 0 Å². The summed E-state index contributed by atoms with van der Waals surface area (Å²) in [6, 6.07) is 27.3. The first-order valence-electron chi connectivity index (χ1n) is 14.7. The monoisotopic (exact) mass is 634 g/mol. The molecule has 0 aliphatic rings. The molecular weight excluding hydrogens is 609 g/mol. The lowest BCUT2D eigenvalue weighted by Gasteiger charge is -2.18. The van der Waals surface area contributed by atoms with Gasteiger partial charge in [0.1, 0.15) is 28.1 Å². The molecule has 0 aliphatic heterocycles. The molecule has 4 aromatic carbocycles. The number of rotatable bonds is 8. The molecule has 0 saturated carbocycles. The highest BCUT2D eigenvalue weighted by Gasteiger charge is 2.20. The molecule has 0 fully saturated rings. The van der Waals surface area contributed by atoms with Crippen LogP contribution >= 0.6 is 22.7 Å². The highest BCUT2D eigenvalue weighted by Crippen LogP contribution is 2.45. The maximum Gasteiger partial charge on any atom is 0.131 e. The molecule has 0 saturated heterocycles. The van der Waals surface area contributed by atoms with Gasteiger partial charge >= 0.3 is 0 Å². The van der Waals surface area contributed by atoms with Crippen LogP contribution in [0.15, 0.2) is 127 Å². The third-order valence-electron chi connectivity index (χ3n) is 8.06. The molecule has 8 heteroatoms. The van der Waals surface area contributed by atoms with E-state index in [1.807, 2.05) is 72.2 Å². The predicted octanol–water partition coefficient (Wildman–Crippen LogP) is 9.95. The maximum atomic E-state index is 6.75. The number of fused-ring (bicyclic) bond motifs is 2. The Morgan fingerprint density at radius 2 is 1.22 bits per heavy atom. The fourth-order valence-electron chi connectivity index (χ4n) is 6.01. The van der Waals surface area contributed by atoms with E-state index in [0.29, 0.717) is 6.61 Å². The lowest BCUT2D eigenvalue weighted by atomic mass is 9.90. The second-order valence-electron chi connectivity index (χ2n) is 10.7. The summed E-state index contributed by atoms with van der Waals surface area (Å²) in [6.07, 6.45) is 10.9. The van der Waals surface area contributed by atoms with E-state index in [-0.39, 0.29) is 0 Å². The van der Waals surface area contributed by atoms with Crippen molar-refractivity contribution in [2.24, 2.45) is 0 Å². The van der Waals surface area contributed by atoms with Crippen molar-refractivity contribution in [1.29, 1.82) is 0 Å². The van der Waals surface area contributed by atoms with Crippen LogP contribution in [-0.2, 0) is 6.61 Å². The van der Waals surface area contributed by atoms with Crippen LogP contribution in [0.1, 0.15) is 5.56 Å². The number of aromatic nitrogens is 4. The Kier molecular flexibility index (Phi) is 7.42. The van der Waals surface area contributed by atoms with Gasteiger partial charge in [-0.1, -0.05) is 36.4 Å². The number of hydrogen-bond donors (Lipinski definition) is 0. The predicted molar refractivity (Wildman–Crippen MR) is 187 cm³/mol. The molecule has 0 unspecified atom stereocenters. The zero-order valence-electron chi connectivity index (χ0n) is 24.8. The van der Waals surface area contributed by atoms with Gasteiger partial charge in [-0.25, -0.2) is 9.97 Å². The fraction of sp³-hybridized carbons (Fsp3) is 0.0526. The van der Waals surface area contributed by atoms with E-state index in [4.69, 9.17) is 9.47 Å². The summed E-state index contributed by atoms with van der Waals surface area (Å²) in [5.41, 5.74) is 7.28. The Balaban J connectivity index is 1.27. The molecule has 0 N–H and O–H groups in total. The summed E-state index contributed by atoms with van der Waals surface area (Å²) in [7, 11) is 1.72. The summed E-state index contributed by atoms with van der Waals surface area (Å²) < 4.78 is 12.7. The highest BCUT2D eigenvalue weighted by atomic mass is 32.1. The molecule has 222 valence electrons. The molecule has 6 nitrogen and oxygen atoms in total. The molecule has 46 heavy (non-hydrogen) atoms. The van der Waals surface area contributed by atoms with E-state index in [1.54, 1.807) is 29.8 Å². The van der Waals surface area contributed by atoms with E-state index in [9.17, 15) is 0 Å². The minimum absolute atomic E-state index is 0.371. The number of benzene rings is 4. The van der Waals surface area contributed by atoms with Crippen LogP contribution < -0.4 is 9.47 Å². The van der Waals surface area contributed by atoms with Gasteiger partial charge in [-0.2, -0.15) is 0 Å². The van der Waals surface area contributed by atoms with Crippen molar-refractivity contribution in [2.45, 2.75) is 6.61 Å². The van der Waals surface area contributed by atoms with Gasteiger partial charge in [-0.3, -0.25) is 9.97 Å². The second kappa shape index (κ2) is 12.2. The number of thiazole rings is 2. The topological polar surface area (TPSA) is 70.0 Å². The Bertz CT molecular complexity index is 2290. The van der Waals surface area contributed by atoms with Gasteiger partial charge in [-0.05, 0) is 86.3 Å². The summed E-state index contributed by atoms with van der Waals surface area (Å²) in [5, 5.41) is 10.3. The molecular formula is C38H26N4O2S2. The van der Waals surface area contributed by atoms with Gasteiger partial charge in [0.15, 0.2) is 0 Å². The van der Waals surface area contributed by atoms with E-state index >= 15 is 0 Å². The number of nitrogens with zero attached hydrogens (tertiary/aromatic N) is 4. The van der Waals surface area contributed by atoms with Gasteiger partial charge in [0, 0.05) is 59.1 Å². The van der Waals surface area contributed by atoms with Crippen molar-refractivity contribution in [3.05, 3.63) is 132 Å². The first-order valence-corrected chi connectivity index (χ1v) is 16.5. The van der Waals surface area contributed by atoms with Gasteiger partial charge in [0.05, 0.1) is 12.7 Å². The molecule has 0 spiro atoms. The minimum atomic E-state index is 0.371. The van der Waals surface area contributed by atoms with Crippen LogP contribution in [0.2, 0.25) is 0 Å². The Labute approximate surface area is 273 Å². The van der Waals surface area contributed by atoms with Crippen molar-refractivity contribution in [2.75, 3.05) is 7.11 Å². The smallest absolute Gasteiger partial charge is 0.131 e. The van der Waals surface area contributed by atoms with E-state index < -0.39 is 0 Å². The minimum Gasteiger partial charge on any atom is -0.496 e. The fourth-order valence-corrected chi connectivity index (χ4v) is 7.38. The lowest BCUT2D eigenvalue weighted by Crippen LogP contribution is -2.00. The average Bonchev–Trinajstić information content (AvgIpc) is 3.86. The second-order valence-corrected chi connectivity index (χ2v) is 12.4. The van der Waals surface area contributed by atoms with Crippen LogP contribution in [0.25, 0.3) is 64.9 Å². The zero-order chi connectivity index (χ0) is 30.9. The molecule has 0 amide bonds. The molecule has 4 aromatic heterocycles. The van der Waals surface area contributed by atoms with Crippen molar-refractivity contribution in [3.8, 4) is 54.9 Å². The molecule has 0 aliphatic carbocycles. The Morgan fingerprint density at radius 1 is 0.565 bits per heavy atom. The zero-order valence-corrected chi connectivity index (χ0v) is 26.4. The third-order valence-corrected chi connectivity index (χ3v) is 9.65. The summed E-state index contributed by atoms with van der Waals surface area (Å²) in [5.74, 6) is 1.58. The molecule has 0 atom stereocenters. The number of methoxy groups -OCH3 is 1. The van der Waals surface area contributed by atoms with Crippen LogP contribution in [0.4, 0.5) is 0 Å². The number of pyridine rings is 2. The first kappa shape index (κ1) is 28.1. The first-order chi connectivity index (χ1) is 22.8. The molecule has 0 bridgehead atoms. The summed E-state index contributed by atoms with van der Waals surface area (Å²) in [6.45, 7) is 0.371. The van der Waals surface area contributed by atoms with Crippen LogP contribution in [-0.4, -0.2) is 27.0 Å². The molecule has 8 aromatic rings. The van der Waals surface area contributed by atoms with Gasteiger partial charge in [-0.15, -0.1) is 22.7 Å². The Hall–Kier alpha value is -5.44. The lowest BCUT2D eigenvalue weighted by molar-refractivity contribution is 0.308. The molecule has 8 rings (SSSR count). The largest absolute Gasteiger partial charge is 0.496 e. The maximum absolute atomic E-state index is 6.75. The summed E-state index contributed by atoms with van der Waals surface area (Å²) >= 11 is 3.23. The average molecular weight is 635 g/mol. The van der Waals surface area contributed by atoms with Crippen LogP contribution in [0, 0.1) is 0 Å². The molecule has 4 heterocycles. The highest BCUT2D eigenvalue weighted by molar-refractivity contribution is 7.13. The van der Waals surface area contributed by atoms with Gasteiger partial charge in [0.2, 0.25) is 0 Å². The van der Waals surface area contributed by atoms with E-state index in [2.05, 4.69) is 74.5 Å². The normalized spacial score (nSPS) is 11.2. The standard InChI is InChI=1S/C38H26N4O2S2/c1-43-33-21-30(25-8-12-39-13-9-25)31-20-24(6-7-29(31)35(33)26-10-14-40-15-11-26)23-44-34-22-32(37-41-16-18-45-37)27-4-2-3-5-28(27)36(34)38-42-17-19-46-38/h2-22H,23H2,1H3. The van der Waals surface area contributed by atoms with Crippen LogP contribution in [0.5, 0.6) is 11.5 Å². The van der Waals surface area contributed by atoms with E-state index in [1.165, 1.54) is 0 Å².